The molecular formula is C13H21NO. The second-order valence-electron chi connectivity index (χ2n) is 5.03. The van der Waals surface area contributed by atoms with Crippen molar-refractivity contribution in [2.45, 2.75) is 46.0 Å². The molecule has 1 fully saturated rings. The molecule has 0 saturated heterocycles. The maximum absolute atomic E-state index is 11.9. The normalized spacial score (nSPS) is 24.2. The number of hydrogen-bond acceptors (Lipinski definition) is 1. The van der Waals surface area contributed by atoms with E-state index >= 15 is 0 Å². The quantitative estimate of drug-likeness (QED) is 0.558. The maximum atomic E-state index is 11.9. The van der Waals surface area contributed by atoms with E-state index in [0.717, 1.165) is 12.8 Å². The Morgan fingerprint density at radius 1 is 1.53 bits per heavy atom. The van der Waals surface area contributed by atoms with Crippen LogP contribution in [-0.2, 0) is 4.79 Å². The van der Waals surface area contributed by atoms with Gasteiger partial charge in [0.1, 0.15) is 0 Å². The Morgan fingerprint density at radius 2 is 2.27 bits per heavy atom. The van der Waals surface area contributed by atoms with Gasteiger partial charge in [-0.25, -0.2) is 0 Å². The van der Waals surface area contributed by atoms with Crippen LogP contribution in [0.4, 0.5) is 0 Å². The fraction of sp³-hybridized carbons (Fsp3) is 0.769. The first-order valence-electron chi connectivity index (χ1n) is 5.79. The summed E-state index contributed by atoms with van der Waals surface area (Å²) in [6.45, 7) is 5.00. The zero-order valence-electron chi connectivity index (χ0n) is 9.81. The molecular weight excluding hydrogens is 186 g/mol. The Bertz CT molecular complexity index is 262. The second kappa shape index (κ2) is 5.21. The average Bonchev–Trinajstić information content (AvgIpc) is 2.17. The highest BCUT2D eigenvalue weighted by Crippen LogP contribution is 2.40. The van der Waals surface area contributed by atoms with Crippen LogP contribution in [0.5, 0.6) is 0 Å². The van der Waals surface area contributed by atoms with Gasteiger partial charge in [0.05, 0.1) is 0 Å². The monoisotopic (exact) mass is 207 g/mol. The molecule has 84 valence electrons. The van der Waals surface area contributed by atoms with Gasteiger partial charge in [-0.15, -0.1) is 12.3 Å². The molecule has 0 spiro atoms. The summed E-state index contributed by atoms with van der Waals surface area (Å²) in [7, 11) is 0. The summed E-state index contributed by atoms with van der Waals surface area (Å²) in [5, 5.41) is 2.93. The molecule has 1 unspecified atom stereocenters. The lowest BCUT2D eigenvalue weighted by molar-refractivity contribution is -0.130. The summed E-state index contributed by atoms with van der Waals surface area (Å²) in [5.74, 6) is 2.89. The molecule has 1 atom stereocenters. The lowest BCUT2D eigenvalue weighted by atomic mass is 9.68. The Labute approximate surface area is 92.8 Å². The Morgan fingerprint density at radius 3 is 2.87 bits per heavy atom. The molecule has 1 rings (SSSR count). The molecule has 1 saturated carbocycles. The van der Waals surface area contributed by atoms with Crippen molar-refractivity contribution in [1.82, 2.24) is 5.32 Å². The van der Waals surface area contributed by atoms with Crippen molar-refractivity contribution in [3.8, 4) is 12.3 Å². The third kappa shape index (κ3) is 3.27. The topological polar surface area (TPSA) is 29.1 Å². The van der Waals surface area contributed by atoms with E-state index in [4.69, 9.17) is 6.42 Å². The number of nitrogens with one attached hydrogen (secondary N) is 1. The van der Waals surface area contributed by atoms with Crippen LogP contribution < -0.4 is 5.32 Å². The molecule has 0 aromatic carbocycles. The van der Waals surface area contributed by atoms with Gasteiger partial charge in [-0.05, 0) is 18.3 Å². The summed E-state index contributed by atoms with van der Waals surface area (Å²) < 4.78 is 0. The van der Waals surface area contributed by atoms with Gasteiger partial charge >= 0.3 is 0 Å². The fourth-order valence-corrected chi connectivity index (χ4v) is 2.36. The van der Waals surface area contributed by atoms with E-state index in [9.17, 15) is 4.79 Å². The molecule has 0 heterocycles. The summed E-state index contributed by atoms with van der Waals surface area (Å²) in [6, 6.07) is 0. The summed E-state index contributed by atoms with van der Waals surface area (Å²) in [5.41, 5.74) is 0.151. The Hall–Kier alpha value is -0.970. The van der Waals surface area contributed by atoms with Crippen molar-refractivity contribution < 1.29 is 4.79 Å². The number of amides is 1. The number of carbonyl (C=O) groups is 1. The van der Waals surface area contributed by atoms with Crippen LogP contribution in [0, 0.1) is 23.7 Å². The van der Waals surface area contributed by atoms with Gasteiger partial charge in [0.15, 0.2) is 0 Å². The summed E-state index contributed by atoms with van der Waals surface area (Å²) in [4.78, 5) is 11.9. The van der Waals surface area contributed by atoms with E-state index in [1.807, 2.05) is 0 Å². The van der Waals surface area contributed by atoms with Gasteiger partial charge in [-0.2, -0.15) is 0 Å². The minimum atomic E-state index is 0.151. The number of terminal acetylenes is 1. The van der Waals surface area contributed by atoms with Crippen LogP contribution in [0.15, 0.2) is 0 Å². The summed E-state index contributed by atoms with van der Waals surface area (Å²) >= 11 is 0. The molecule has 1 aliphatic carbocycles. The van der Waals surface area contributed by atoms with Crippen LogP contribution >= 0.6 is 0 Å². The molecule has 2 nitrogen and oxygen atoms in total. The van der Waals surface area contributed by atoms with Crippen LogP contribution in [0.3, 0.4) is 0 Å². The van der Waals surface area contributed by atoms with Gasteiger partial charge in [-0.3, -0.25) is 4.79 Å². The third-order valence-electron chi connectivity index (χ3n) is 3.39. The molecule has 1 aliphatic rings. The SMILES string of the molecule is C#CCCNC(=O)C1CCCCC1(C)C. The molecule has 0 aromatic rings. The maximum Gasteiger partial charge on any atom is 0.223 e. The first kappa shape index (κ1) is 12.1. The smallest absolute Gasteiger partial charge is 0.223 e. The van der Waals surface area contributed by atoms with E-state index in [-0.39, 0.29) is 17.2 Å². The highest BCUT2D eigenvalue weighted by Gasteiger charge is 2.36. The van der Waals surface area contributed by atoms with Gasteiger partial charge in [0.25, 0.3) is 0 Å². The van der Waals surface area contributed by atoms with Crippen molar-refractivity contribution in [1.29, 1.82) is 0 Å². The first-order chi connectivity index (χ1) is 7.08. The van der Waals surface area contributed by atoms with Crippen molar-refractivity contribution in [3.05, 3.63) is 0 Å². The molecule has 15 heavy (non-hydrogen) atoms. The van der Waals surface area contributed by atoms with E-state index in [2.05, 4.69) is 25.1 Å². The average molecular weight is 207 g/mol. The Balaban J connectivity index is 2.47. The predicted molar refractivity (Wildman–Crippen MR) is 62.2 cm³/mol. The van der Waals surface area contributed by atoms with Crippen molar-refractivity contribution in [2.75, 3.05) is 6.54 Å². The Kier molecular flexibility index (Phi) is 4.20. The minimum Gasteiger partial charge on any atom is -0.355 e. The van der Waals surface area contributed by atoms with E-state index in [1.54, 1.807) is 0 Å². The number of rotatable bonds is 3. The zero-order valence-corrected chi connectivity index (χ0v) is 9.81. The number of carbonyl (C=O) groups excluding carboxylic acids is 1. The molecule has 1 amide bonds. The van der Waals surface area contributed by atoms with Crippen LogP contribution in [0.1, 0.15) is 46.0 Å². The van der Waals surface area contributed by atoms with Crippen molar-refractivity contribution in [3.63, 3.8) is 0 Å². The fourth-order valence-electron chi connectivity index (χ4n) is 2.36. The van der Waals surface area contributed by atoms with E-state index in [1.165, 1.54) is 12.8 Å². The molecule has 0 bridgehead atoms. The minimum absolute atomic E-state index is 0.151. The first-order valence-corrected chi connectivity index (χ1v) is 5.79. The van der Waals surface area contributed by atoms with Crippen LogP contribution in [0.25, 0.3) is 0 Å². The molecule has 0 aliphatic heterocycles. The van der Waals surface area contributed by atoms with Crippen LogP contribution in [-0.4, -0.2) is 12.5 Å². The molecule has 0 radical (unpaired) electrons. The molecule has 1 N–H and O–H groups in total. The van der Waals surface area contributed by atoms with E-state index < -0.39 is 0 Å². The summed E-state index contributed by atoms with van der Waals surface area (Å²) in [6.07, 6.45) is 10.4. The largest absolute Gasteiger partial charge is 0.355 e. The van der Waals surface area contributed by atoms with Crippen molar-refractivity contribution >= 4 is 5.91 Å². The van der Waals surface area contributed by atoms with E-state index in [0.29, 0.717) is 13.0 Å². The molecule has 2 heteroatoms. The lowest BCUT2D eigenvalue weighted by Crippen LogP contribution is -2.41. The van der Waals surface area contributed by atoms with Crippen LogP contribution in [0.2, 0.25) is 0 Å². The zero-order chi connectivity index (χ0) is 11.3. The standard InChI is InChI=1S/C13H21NO/c1-4-5-10-14-12(15)11-8-6-7-9-13(11,2)3/h1,11H,5-10H2,2-3H3,(H,14,15). The van der Waals surface area contributed by atoms with Gasteiger partial charge in [-0.1, -0.05) is 26.7 Å². The van der Waals surface area contributed by atoms with Gasteiger partial charge in [0, 0.05) is 18.9 Å². The highest BCUT2D eigenvalue weighted by atomic mass is 16.1. The van der Waals surface area contributed by atoms with Crippen molar-refractivity contribution in [2.24, 2.45) is 11.3 Å². The lowest BCUT2D eigenvalue weighted by Gasteiger charge is -2.37. The predicted octanol–water partition coefficient (Wildman–Crippen LogP) is 2.34. The third-order valence-corrected chi connectivity index (χ3v) is 3.39. The molecule has 0 aromatic heterocycles. The second-order valence-corrected chi connectivity index (χ2v) is 5.03. The van der Waals surface area contributed by atoms with Gasteiger partial charge < -0.3 is 5.32 Å². The highest BCUT2D eigenvalue weighted by molar-refractivity contribution is 5.79. The number of hydrogen-bond donors (Lipinski definition) is 1. The van der Waals surface area contributed by atoms with Gasteiger partial charge in [0.2, 0.25) is 5.91 Å².